The Morgan fingerprint density at radius 2 is 2.28 bits per heavy atom. The lowest BCUT2D eigenvalue weighted by atomic mass is 10.3. The molecule has 0 saturated carbocycles. The van der Waals surface area contributed by atoms with Gasteiger partial charge in [-0.05, 0) is 20.1 Å². The molecule has 18 heavy (non-hydrogen) atoms. The van der Waals surface area contributed by atoms with Gasteiger partial charge in [-0.3, -0.25) is 4.79 Å². The van der Waals surface area contributed by atoms with Crippen LogP contribution in [0.2, 0.25) is 0 Å². The first-order valence-electron chi connectivity index (χ1n) is 5.33. The van der Waals surface area contributed by atoms with Crippen molar-refractivity contribution in [3.8, 4) is 0 Å². The number of thioether (sulfide) groups is 1. The summed E-state index contributed by atoms with van der Waals surface area (Å²) in [6, 6.07) is 0. The van der Waals surface area contributed by atoms with Crippen molar-refractivity contribution >= 4 is 40.0 Å². The monoisotopic (exact) mass is 284 g/mol. The van der Waals surface area contributed by atoms with Crippen LogP contribution in [0.4, 0.5) is 0 Å². The molecule has 0 radical (unpaired) electrons. The Labute approximate surface area is 112 Å². The standard InChI is InChI=1S/C11H12N2O3S2/c1-4-16-10(15)8-7-6(11(17-3)18-8)9(14)13-5(2)12-7/h4H2,1-3H3,(H,12,13,14). The highest BCUT2D eigenvalue weighted by Crippen LogP contribution is 2.34. The van der Waals surface area contributed by atoms with Gasteiger partial charge in [0, 0.05) is 0 Å². The number of ether oxygens (including phenoxy) is 1. The van der Waals surface area contributed by atoms with E-state index >= 15 is 0 Å². The molecule has 0 fully saturated rings. The number of carbonyl (C=O) groups excluding carboxylic acids is 1. The normalized spacial score (nSPS) is 10.8. The van der Waals surface area contributed by atoms with Crippen LogP contribution in [-0.4, -0.2) is 28.8 Å². The fourth-order valence-corrected chi connectivity index (χ4v) is 3.45. The van der Waals surface area contributed by atoms with E-state index in [2.05, 4.69) is 9.97 Å². The van der Waals surface area contributed by atoms with Crippen molar-refractivity contribution in [3.63, 3.8) is 0 Å². The molecular formula is C11H12N2O3S2. The fraction of sp³-hybridized carbons (Fsp3) is 0.364. The van der Waals surface area contributed by atoms with Gasteiger partial charge < -0.3 is 9.72 Å². The summed E-state index contributed by atoms with van der Waals surface area (Å²) < 4.78 is 5.76. The molecule has 0 amide bonds. The van der Waals surface area contributed by atoms with Crippen LogP contribution in [0.3, 0.4) is 0 Å². The smallest absolute Gasteiger partial charge is 0.350 e. The zero-order valence-corrected chi connectivity index (χ0v) is 11.8. The highest BCUT2D eigenvalue weighted by molar-refractivity contribution is 8.00. The van der Waals surface area contributed by atoms with Gasteiger partial charge in [0.1, 0.15) is 16.2 Å². The predicted molar refractivity (Wildman–Crippen MR) is 72.7 cm³/mol. The van der Waals surface area contributed by atoms with E-state index in [1.165, 1.54) is 23.1 Å². The molecule has 7 heteroatoms. The number of aryl methyl sites for hydroxylation is 1. The van der Waals surface area contributed by atoms with Crippen molar-refractivity contribution < 1.29 is 9.53 Å². The third-order valence-electron chi connectivity index (χ3n) is 2.30. The summed E-state index contributed by atoms with van der Waals surface area (Å²) in [5.74, 6) is 0.0637. The summed E-state index contributed by atoms with van der Waals surface area (Å²) in [7, 11) is 0. The summed E-state index contributed by atoms with van der Waals surface area (Å²) in [5.41, 5.74) is 0.220. The molecule has 96 valence electrons. The van der Waals surface area contributed by atoms with E-state index in [0.29, 0.717) is 28.2 Å². The zero-order chi connectivity index (χ0) is 13.3. The van der Waals surface area contributed by atoms with Crippen LogP contribution < -0.4 is 5.56 Å². The lowest BCUT2D eigenvalue weighted by Crippen LogP contribution is -2.10. The molecule has 2 aromatic rings. The number of hydrogen-bond donors (Lipinski definition) is 1. The number of esters is 1. The summed E-state index contributed by atoms with van der Waals surface area (Å²) in [6.45, 7) is 3.73. The maximum absolute atomic E-state index is 11.9. The number of carbonyl (C=O) groups is 1. The summed E-state index contributed by atoms with van der Waals surface area (Å²) in [5, 5.41) is 0.473. The predicted octanol–water partition coefficient (Wildman–Crippen LogP) is 2.19. The molecule has 0 atom stereocenters. The largest absolute Gasteiger partial charge is 0.462 e. The number of rotatable bonds is 3. The van der Waals surface area contributed by atoms with Gasteiger partial charge in [-0.15, -0.1) is 23.1 Å². The van der Waals surface area contributed by atoms with Crippen LogP contribution in [0, 0.1) is 6.92 Å². The van der Waals surface area contributed by atoms with Crippen molar-refractivity contribution in [3.05, 3.63) is 21.1 Å². The molecular weight excluding hydrogens is 272 g/mol. The molecule has 0 spiro atoms. The fourth-order valence-electron chi connectivity index (χ4n) is 1.61. The molecule has 1 N–H and O–H groups in total. The lowest BCUT2D eigenvalue weighted by molar-refractivity contribution is 0.0534. The van der Waals surface area contributed by atoms with Crippen LogP contribution in [0.1, 0.15) is 22.4 Å². The van der Waals surface area contributed by atoms with E-state index in [0.717, 1.165) is 4.21 Å². The van der Waals surface area contributed by atoms with E-state index in [1.807, 2.05) is 6.26 Å². The molecule has 0 aromatic carbocycles. The van der Waals surface area contributed by atoms with Gasteiger partial charge in [-0.2, -0.15) is 0 Å². The van der Waals surface area contributed by atoms with Crippen LogP contribution in [0.25, 0.3) is 10.9 Å². The van der Waals surface area contributed by atoms with Crippen molar-refractivity contribution in [1.82, 2.24) is 9.97 Å². The van der Waals surface area contributed by atoms with Gasteiger partial charge in [-0.25, -0.2) is 9.78 Å². The summed E-state index contributed by atoms with van der Waals surface area (Å²) in [4.78, 5) is 31.0. The molecule has 0 unspecified atom stereocenters. The summed E-state index contributed by atoms with van der Waals surface area (Å²) >= 11 is 2.68. The Kier molecular flexibility index (Phi) is 3.72. The van der Waals surface area contributed by atoms with Crippen molar-refractivity contribution in [2.24, 2.45) is 0 Å². The molecule has 0 saturated heterocycles. The maximum Gasteiger partial charge on any atom is 0.350 e. The average molecular weight is 284 g/mol. The van der Waals surface area contributed by atoms with Crippen molar-refractivity contribution in [1.29, 1.82) is 0 Å². The topological polar surface area (TPSA) is 72.1 Å². The SMILES string of the molecule is CCOC(=O)c1sc(SC)c2c(=O)[nH]c(C)nc12. The van der Waals surface area contributed by atoms with E-state index < -0.39 is 5.97 Å². The van der Waals surface area contributed by atoms with Gasteiger partial charge in [0.05, 0.1) is 16.2 Å². The highest BCUT2D eigenvalue weighted by atomic mass is 32.2. The second kappa shape index (κ2) is 5.11. The minimum absolute atomic E-state index is 0.214. The number of H-pyrrole nitrogens is 1. The first-order chi connectivity index (χ1) is 8.58. The first-order valence-corrected chi connectivity index (χ1v) is 7.37. The van der Waals surface area contributed by atoms with E-state index in [1.54, 1.807) is 13.8 Å². The Balaban J connectivity index is 2.75. The molecule has 0 aliphatic heterocycles. The van der Waals surface area contributed by atoms with Crippen LogP contribution >= 0.6 is 23.1 Å². The number of fused-ring (bicyclic) bond motifs is 1. The molecule has 0 aliphatic carbocycles. The number of thiophene rings is 1. The summed E-state index contributed by atoms with van der Waals surface area (Å²) in [6.07, 6.45) is 1.86. The Bertz CT molecular complexity index is 660. The molecule has 2 rings (SSSR count). The van der Waals surface area contributed by atoms with E-state index in [4.69, 9.17) is 4.74 Å². The zero-order valence-electron chi connectivity index (χ0n) is 10.2. The van der Waals surface area contributed by atoms with Crippen LogP contribution in [0.5, 0.6) is 0 Å². The van der Waals surface area contributed by atoms with Gasteiger partial charge in [0.15, 0.2) is 0 Å². The number of aromatic nitrogens is 2. The number of hydrogen-bond acceptors (Lipinski definition) is 6. The van der Waals surface area contributed by atoms with E-state index in [-0.39, 0.29) is 5.56 Å². The molecule has 5 nitrogen and oxygen atoms in total. The van der Waals surface area contributed by atoms with Crippen LogP contribution in [-0.2, 0) is 4.74 Å². The average Bonchev–Trinajstić information content (AvgIpc) is 2.68. The quantitative estimate of drug-likeness (QED) is 0.691. The van der Waals surface area contributed by atoms with E-state index in [9.17, 15) is 9.59 Å². The number of aromatic amines is 1. The highest BCUT2D eigenvalue weighted by Gasteiger charge is 2.21. The van der Waals surface area contributed by atoms with Gasteiger partial charge in [0.25, 0.3) is 5.56 Å². The second-order valence-electron chi connectivity index (χ2n) is 3.52. The Morgan fingerprint density at radius 1 is 1.56 bits per heavy atom. The Morgan fingerprint density at radius 3 is 2.89 bits per heavy atom. The molecule has 2 heterocycles. The van der Waals surface area contributed by atoms with Crippen LogP contribution in [0.15, 0.2) is 9.00 Å². The minimum Gasteiger partial charge on any atom is -0.462 e. The number of nitrogens with one attached hydrogen (secondary N) is 1. The minimum atomic E-state index is -0.426. The molecule has 0 bridgehead atoms. The van der Waals surface area contributed by atoms with Gasteiger partial charge in [0.2, 0.25) is 0 Å². The van der Waals surface area contributed by atoms with Gasteiger partial charge >= 0.3 is 5.97 Å². The third-order valence-corrected chi connectivity index (χ3v) is 4.58. The van der Waals surface area contributed by atoms with Crippen molar-refractivity contribution in [2.45, 2.75) is 18.1 Å². The number of nitrogens with zero attached hydrogens (tertiary/aromatic N) is 1. The Hall–Kier alpha value is -1.34. The maximum atomic E-state index is 11.9. The third kappa shape index (κ3) is 2.15. The molecule has 2 aromatic heterocycles. The first kappa shape index (κ1) is 13.1. The van der Waals surface area contributed by atoms with Crippen molar-refractivity contribution in [2.75, 3.05) is 12.9 Å². The van der Waals surface area contributed by atoms with Gasteiger partial charge in [-0.1, -0.05) is 0 Å². The lowest BCUT2D eigenvalue weighted by Gasteiger charge is -1.99. The molecule has 0 aliphatic rings. The second-order valence-corrected chi connectivity index (χ2v) is 5.61.